The highest BCUT2D eigenvalue weighted by molar-refractivity contribution is 9.11. The summed E-state index contributed by atoms with van der Waals surface area (Å²) in [6, 6.07) is 5.98. The average molecular weight is 609 g/mol. The summed E-state index contributed by atoms with van der Waals surface area (Å²) in [6.45, 7) is 1.39. The number of carboxylic acid groups (broad SMARTS) is 1. The number of hydrogen-bond donors (Lipinski definition) is 4. The quantitative estimate of drug-likeness (QED) is 0.274. The highest BCUT2D eigenvalue weighted by Gasteiger charge is 2.26. The van der Waals surface area contributed by atoms with Crippen LogP contribution in [0.5, 0.6) is 17.2 Å². The Morgan fingerprint density at radius 1 is 1.25 bits per heavy atom. The van der Waals surface area contributed by atoms with Gasteiger partial charge in [-0.1, -0.05) is 0 Å². The second-order valence-electron chi connectivity index (χ2n) is 6.81. The van der Waals surface area contributed by atoms with Crippen molar-refractivity contribution in [2.45, 2.75) is 24.7 Å². The van der Waals surface area contributed by atoms with Crippen LogP contribution in [0.1, 0.15) is 29.3 Å². The maximum Gasteiger partial charge on any atom is 0.326 e. The highest BCUT2D eigenvalue weighted by Crippen LogP contribution is 2.42. The molecular formula is C20H20Br2NO7PS. The summed E-state index contributed by atoms with van der Waals surface area (Å²) in [5.74, 6) is -1.19. The molecule has 0 aliphatic rings. The number of phenolic OH excluding ortho intramolecular Hbond substituents is 1. The first-order chi connectivity index (χ1) is 15.0. The summed E-state index contributed by atoms with van der Waals surface area (Å²) < 4.78 is 17.9. The van der Waals surface area contributed by atoms with Gasteiger partial charge in [0.25, 0.3) is 5.91 Å². The van der Waals surface area contributed by atoms with Gasteiger partial charge in [0.2, 0.25) is 0 Å². The Balaban J connectivity index is 2.31. The molecule has 4 N–H and O–H groups in total. The first-order valence-corrected chi connectivity index (χ1v) is 12.9. The smallest absolute Gasteiger partial charge is 0.326 e. The molecule has 0 fully saturated rings. The lowest BCUT2D eigenvalue weighted by Crippen LogP contribution is -2.41. The summed E-state index contributed by atoms with van der Waals surface area (Å²) in [7, 11) is -0.472. The number of carbonyl (C=O) groups excluding carboxylic acids is 1. The number of aromatic hydroxyl groups is 1. The van der Waals surface area contributed by atoms with Gasteiger partial charge in [-0.2, -0.15) is 11.8 Å². The zero-order valence-corrected chi connectivity index (χ0v) is 21.8. The van der Waals surface area contributed by atoms with Gasteiger partial charge in [-0.25, -0.2) is 4.79 Å². The molecule has 0 saturated carbocycles. The normalized spacial score (nSPS) is 13.9. The third-order valence-electron chi connectivity index (χ3n) is 4.37. The van der Waals surface area contributed by atoms with E-state index in [-0.39, 0.29) is 23.5 Å². The summed E-state index contributed by atoms with van der Waals surface area (Å²) in [6.07, 6.45) is 2.06. The van der Waals surface area contributed by atoms with E-state index in [0.717, 1.165) is 0 Å². The Morgan fingerprint density at radius 2 is 1.88 bits per heavy atom. The van der Waals surface area contributed by atoms with Crippen LogP contribution in [0.2, 0.25) is 0 Å². The van der Waals surface area contributed by atoms with E-state index in [0.29, 0.717) is 26.0 Å². The number of ether oxygens (including phenoxy) is 1. The molecule has 2 aromatic rings. The standard InChI is InChI=1S/C20H20Br2NO7PS/c1-20(28,31-29)10-7-13(21)17(14(22)8-10)30-11-3-4-16(24)12(9-11)18(25)23-15(19(26)27)5-6-32-2/h3-4,7-9,15,24,28H,5-6H2,1-2H3,(H,23,25)(H,26,27). The average Bonchev–Trinajstić information content (AvgIpc) is 2.74. The minimum atomic E-state index is -1.59. The van der Waals surface area contributed by atoms with E-state index in [1.54, 1.807) is 12.1 Å². The summed E-state index contributed by atoms with van der Waals surface area (Å²) in [4.78, 5) is 24.0. The summed E-state index contributed by atoms with van der Waals surface area (Å²) >= 11 is 8.15. The third-order valence-corrected chi connectivity index (χ3v) is 6.81. The van der Waals surface area contributed by atoms with Gasteiger partial charge >= 0.3 is 5.97 Å². The molecule has 1 amide bonds. The summed E-state index contributed by atoms with van der Waals surface area (Å²) in [5, 5.41) is 30.4. The zero-order chi connectivity index (χ0) is 24.1. The number of rotatable bonds is 10. The lowest BCUT2D eigenvalue weighted by Gasteiger charge is -2.18. The molecule has 0 aliphatic heterocycles. The van der Waals surface area contributed by atoms with Crippen LogP contribution >= 0.6 is 52.1 Å². The van der Waals surface area contributed by atoms with Gasteiger partial charge in [0.1, 0.15) is 17.5 Å². The molecular weight excluding hydrogens is 589 g/mol. The Kier molecular flexibility index (Phi) is 9.53. The van der Waals surface area contributed by atoms with Crippen LogP contribution in [-0.4, -0.2) is 45.2 Å². The second kappa shape index (κ2) is 11.5. The Bertz CT molecular complexity index is 1010. The molecule has 0 radical (unpaired) electrons. The molecule has 12 heteroatoms. The van der Waals surface area contributed by atoms with Crippen molar-refractivity contribution in [1.29, 1.82) is 0 Å². The Morgan fingerprint density at radius 3 is 2.41 bits per heavy atom. The molecule has 172 valence electrons. The maximum absolute atomic E-state index is 12.6. The molecule has 2 atom stereocenters. The van der Waals surface area contributed by atoms with E-state index in [9.17, 15) is 29.5 Å². The number of hydrogen-bond acceptors (Lipinski definition) is 7. The van der Waals surface area contributed by atoms with Crippen LogP contribution in [0.15, 0.2) is 39.3 Å². The first kappa shape index (κ1) is 26.6. The predicted octanol–water partition coefficient (Wildman–Crippen LogP) is 5.10. The van der Waals surface area contributed by atoms with Crippen molar-refractivity contribution in [3.8, 4) is 17.2 Å². The fourth-order valence-corrected chi connectivity index (χ4v) is 4.65. The minimum Gasteiger partial charge on any atom is -0.507 e. The Labute approximate surface area is 207 Å². The van der Waals surface area contributed by atoms with Crippen molar-refractivity contribution in [3.05, 3.63) is 50.4 Å². The topological polar surface area (TPSA) is 133 Å². The maximum atomic E-state index is 12.6. The lowest BCUT2D eigenvalue weighted by atomic mass is 10.1. The van der Waals surface area contributed by atoms with Crippen LogP contribution < -0.4 is 10.1 Å². The number of phenols is 1. The van der Waals surface area contributed by atoms with Crippen molar-refractivity contribution in [1.82, 2.24) is 5.32 Å². The first-order valence-electron chi connectivity index (χ1n) is 9.10. The second-order valence-corrected chi connectivity index (χ2v) is 10.6. The molecule has 0 spiro atoms. The van der Waals surface area contributed by atoms with Gasteiger partial charge in [-0.3, -0.25) is 9.36 Å². The van der Waals surface area contributed by atoms with Crippen molar-refractivity contribution >= 4 is 64.0 Å². The molecule has 8 nitrogen and oxygen atoms in total. The zero-order valence-electron chi connectivity index (χ0n) is 17.0. The fourth-order valence-electron chi connectivity index (χ4n) is 2.59. The number of carbonyl (C=O) groups is 2. The van der Waals surface area contributed by atoms with Crippen LogP contribution in [0, 0.1) is 0 Å². The van der Waals surface area contributed by atoms with E-state index >= 15 is 0 Å². The molecule has 0 heterocycles. The molecule has 0 bridgehead atoms. The number of amides is 1. The largest absolute Gasteiger partial charge is 0.507 e. The number of benzene rings is 2. The van der Waals surface area contributed by atoms with Gasteiger partial charge in [0.05, 0.1) is 14.5 Å². The van der Waals surface area contributed by atoms with Crippen molar-refractivity contribution in [2.75, 3.05) is 12.0 Å². The van der Waals surface area contributed by atoms with Gasteiger partial charge in [-0.15, -0.1) is 0 Å². The van der Waals surface area contributed by atoms with Gasteiger partial charge in [-0.05, 0) is 93.1 Å². The van der Waals surface area contributed by atoms with Gasteiger partial charge < -0.3 is 25.4 Å². The minimum absolute atomic E-state index is 0.144. The van der Waals surface area contributed by atoms with E-state index < -0.39 is 31.7 Å². The van der Waals surface area contributed by atoms with Crippen molar-refractivity contribution in [2.24, 2.45) is 0 Å². The van der Waals surface area contributed by atoms with Crippen molar-refractivity contribution < 1.29 is 34.2 Å². The number of aliphatic hydroxyl groups is 1. The lowest BCUT2D eigenvalue weighted by molar-refractivity contribution is -0.139. The molecule has 32 heavy (non-hydrogen) atoms. The molecule has 0 aromatic heterocycles. The van der Waals surface area contributed by atoms with E-state index in [1.165, 1.54) is 36.9 Å². The number of aliphatic carboxylic acids is 1. The number of thioether (sulfide) groups is 1. The van der Waals surface area contributed by atoms with Gasteiger partial charge in [0, 0.05) is 0 Å². The Hall–Kier alpha value is -1.65. The van der Waals surface area contributed by atoms with Crippen molar-refractivity contribution in [3.63, 3.8) is 0 Å². The van der Waals surface area contributed by atoms with Crippen LogP contribution in [0.3, 0.4) is 0 Å². The van der Waals surface area contributed by atoms with E-state index in [1.807, 2.05) is 6.26 Å². The SMILES string of the molecule is CSCCC(NC(=O)c1cc(Oc2c(Br)cc(C(C)(O)P=O)cc2Br)ccc1O)C(=O)O. The van der Waals surface area contributed by atoms with E-state index in [4.69, 9.17) is 4.74 Å². The van der Waals surface area contributed by atoms with E-state index in [2.05, 4.69) is 37.2 Å². The molecule has 2 aromatic carbocycles. The highest BCUT2D eigenvalue weighted by atomic mass is 79.9. The van der Waals surface area contributed by atoms with Crippen LogP contribution in [0.4, 0.5) is 0 Å². The van der Waals surface area contributed by atoms with Crippen LogP contribution in [0.25, 0.3) is 0 Å². The third kappa shape index (κ3) is 6.68. The molecule has 0 aliphatic carbocycles. The predicted molar refractivity (Wildman–Crippen MR) is 129 cm³/mol. The molecule has 0 saturated heterocycles. The number of carboxylic acids is 1. The monoisotopic (exact) mass is 607 g/mol. The summed E-state index contributed by atoms with van der Waals surface area (Å²) in [5.41, 5.74) is 0.228. The number of nitrogens with one attached hydrogen (secondary N) is 1. The van der Waals surface area contributed by atoms with Gasteiger partial charge in [0.15, 0.2) is 19.6 Å². The van der Waals surface area contributed by atoms with Crippen LogP contribution in [-0.2, 0) is 14.7 Å². The molecule has 2 unspecified atom stereocenters. The molecule has 2 rings (SSSR count). The number of halogens is 2. The fraction of sp³-hybridized carbons (Fsp3) is 0.300.